The molecule has 0 amide bonds. The third-order valence-corrected chi connectivity index (χ3v) is 4.41. The molecule has 11 heteroatoms. The maximum absolute atomic E-state index is 13.8. The first kappa shape index (κ1) is 18.3. The van der Waals surface area contributed by atoms with Gasteiger partial charge in [0.2, 0.25) is 0 Å². The molecule has 0 atom stereocenters. The Kier molecular flexibility index (Phi) is 5.49. The number of aromatic nitrogens is 4. The maximum Gasteiger partial charge on any atom is 0.199 e. The van der Waals surface area contributed by atoms with Crippen LogP contribution in [0.5, 0.6) is 0 Å². The summed E-state index contributed by atoms with van der Waals surface area (Å²) < 4.78 is 27.1. The van der Waals surface area contributed by atoms with E-state index in [0.29, 0.717) is 11.2 Å². The maximum atomic E-state index is 13.8. The molecular weight excluding hydrogens is 366 g/mol. The first-order valence-corrected chi connectivity index (χ1v) is 8.57. The van der Waals surface area contributed by atoms with Crippen LogP contribution in [-0.4, -0.2) is 49.4 Å². The van der Waals surface area contributed by atoms with Crippen molar-refractivity contribution >= 4 is 34.7 Å². The summed E-state index contributed by atoms with van der Waals surface area (Å²) in [6.07, 6.45) is 0. The molecule has 0 radical (unpaired) electrons. The van der Waals surface area contributed by atoms with Crippen molar-refractivity contribution in [2.45, 2.75) is 17.0 Å². The van der Waals surface area contributed by atoms with Crippen molar-refractivity contribution in [1.29, 1.82) is 0 Å². The van der Waals surface area contributed by atoms with Crippen molar-refractivity contribution in [2.75, 3.05) is 24.3 Å². The van der Waals surface area contributed by atoms with E-state index in [1.165, 1.54) is 12.1 Å². The number of anilines is 2. The second-order valence-corrected chi connectivity index (χ2v) is 6.32. The van der Waals surface area contributed by atoms with Crippen LogP contribution >= 0.6 is 11.8 Å². The molecule has 0 aliphatic rings. The molecule has 0 saturated heterocycles. The van der Waals surface area contributed by atoms with Gasteiger partial charge in [-0.05, 0) is 6.07 Å². The Labute approximate surface area is 150 Å². The lowest BCUT2D eigenvalue weighted by molar-refractivity contribution is 0.203. The van der Waals surface area contributed by atoms with Gasteiger partial charge in [0.05, 0.1) is 19.3 Å². The molecule has 1 aromatic carbocycles. The van der Waals surface area contributed by atoms with E-state index in [1.807, 2.05) is 0 Å². The van der Waals surface area contributed by atoms with Gasteiger partial charge in [-0.15, -0.1) is 0 Å². The van der Waals surface area contributed by atoms with Gasteiger partial charge in [0.25, 0.3) is 0 Å². The summed E-state index contributed by atoms with van der Waals surface area (Å²) >= 11 is 1.09. The third kappa shape index (κ3) is 3.84. The third-order valence-electron chi connectivity index (χ3n) is 3.51. The number of hydrogen-bond acceptors (Lipinski definition) is 8. The summed E-state index contributed by atoms with van der Waals surface area (Å²) in [5.74, 6) is -1.33. The van der Waals surface area contributed by atoms with Crippen molar-refractivity contribution in [3.8, 4) is 0 Å². The molecule has 0 unspecified atom stereocenters. The Morgan fingerprint density at radius 3 is 2.69 bits per heavy atom. The van der Waals surface area contributed by atoms with Gasteiger partial charge < -0.3 is 26.2 Å². The van der Waals surface area contributed by atoms with E-state index in [0.717, 1.165) is 17.8 Å². The van der Waals surface area contributed by atoms with Crippen molar-refractivity contribution in [3.05, 3.63) is 35.4 Å². The quantitative estimate of drug-likeness (QED) is 0.305. The SMILES string of the molecule is Nc1nc2c(NC(CO)CO)nc(SCc3cccc(F)c3F)nc2[nH]1. The Morgan fingerprint density at radius 2 is 1.96 bits per heavy atom. The summed E-state index contributed by atoms with van der Waals surface area (Å²) in [4.78, 5) is 15.4. The average Bonchev–Trinajstić information content (AvgIpc) is 3.01. The molecule has 0 spiro atoms. The predicted octanol–water partition coefficient (Wildman–Crippen LogP) is 1.27. The van der Waals surface area contributed by atoms with Gasteiger partial charge in [-0.3, -0.25) is 0 Å². The highest BCUT2D eigenvalue weighted by Crippen LogP contribution is 2.27. The second kappa shape index (κ2) is 7.81. The number of thioether (sulfide) groups is 1. The summed E-state index contributed by atoms with van der Waals surface area (Å²) in [5.41, 5.74) is 6.52. The van der Waals surface area contributed by atoms with Gasteiger partial charge in [0.15, 0.2) is 39.7 Å². The first-order valence-electron chi connectivity index (χ1n) is 7.59. The standard InChI is InChI=1S/C15H16F2N6O2S/c16-9-3-1-2-7(10(9)17)6-26-15-22-12(19-8(4-24)5-25)11-13(23-15)21-14(18)20-11/h1-3,8,24-25H,4-6H2,(H4,18,19,20,21,22,23). The number of aliphatic hydroxyl groups excluding tert-OH is 2. The minimum atomic E-state index is -0.920. The van der Waals surface area contributed by atoms with E-state index < -0.39 is 17.7 Å². The van der Waals surface area contributed by atoms with Crippen LogP contribution in [0.4, 0.5) is 20.5 Å². The van der Waals surface area contributed by atoms with Gasteiger partial charge in [-0.2, -0.15) is 0 Å². The van der Waals surface area contributed by atoms with E-state index >= 15 is 0 Å². The Morgan fingerprint density at radius 1 is 1.19 bits per heavy atom. The van der Waals surface area contributed by atoms with Crippen LogP contribution in [0, 0.1) is 11.6 Å². The molecule has 26 heavy (non-hydrogen) atoms. The van der Waals surface area contributed by atoms with Crippen LogP contribution < -0.4 is 11.1 Å². The summed E-state index contributed by atoms with van der Waals surface area (Å²) in [6, 6.07) is 3.30. The molecule has 3 rings (SSSR count). The largest absolute Gasteiger partial charge is 0.394 e. The van der Waals surface area contributed by atoms with Gasteiger partial charge >= 0.3 is 0 Å². The number of fused-ring (bicyclic) bond motifs is 1. The van der Waals surface area contributed by atoms with Crippen LogP contribution in [0.1, 0.15) is 5.56 Å². The van der Waals surface area contributed by atoms with E-state index in [2.05, 4.69) is 25.3 Å². The number of nitrogens with one attached hydrogen (secondary N) is 2. The van der Waals surface area contributed by atoms with Crippen LogP contribution in [0.3, 0.4) is 0 Å². The van der Waals surface area contributed by atoms with Crippen molar-refractivity contribution in [3.63, 3.8) is 0 Å². The fourth-order valence-electron chi connectivity index (χ4n) is 2.21. The van der Waals surface area contributed by atoms with Crippen molar-refractivity contribution in [1.82, 2.24) is 19.9 Å². The number of hydrogen-bond donors (Lipinski definition) is 5. The fourth-order valence-corrected chi connectivity index (χ4v) is 3.03. The number of aliphatic hydroxyl groups is 2. The van der Waals surface area contributed by atoms with Crippen LogP contribution in [0.15, 0.2) is 23.4 Å². The highest BCUT2D eigenvalue weighted by atomic mass is 32.2. The first-order chi connectivity index (χ1) is 12.5. The summed E-state index contributed by atoms with van der Waals surface area (Å²) in [5, 5.41) is 21.6. The zero-order valence-corrected chi connectivity index (χ0v) is 14.2. The Balaban J connectivity index is 1.89. The molecule has 0 aliphatic carbocycles. The van der Waals surface area contributed by atoms with E-state index in [9.17, 15) is 19.0 Å². The average molecular weight is 382 g/mol. The zero-order valence-electron chi connectivity index (χ0n) is 13.4. The number of nitrogen functional groups attached to an aromatic ring is 1. The summed E-state index contributed by atoms with van der Waals surface area (Å²) in [6.45, 7) is -0.641. The minimum Gasteiger partial charge on any atom is -0.394 e. The van der Waals surface area contributed by atoms with E-state index in [1.54, 1.807) is 0 Å². The number of nitrogens with two attached hydrogens (primary N) is 1. The Bertz CT molecular complexity index is 919. The molecule has 138 valence electrons. The molecule has 3 aromatic rings. The lowest BCUT2D eigenvalue weighted by Gasteiger charge is -2.14. The highest BCUT2D eigenvalue weighted by molar-refractivity contribution is 7.98. The van der Waals surface area contributed by atoms with Gasteiger partial charge in [-0.1, -0.05) is 23.9 Å². The lowest BCUT2D eigenvalue weighted by atomic mass is 10.2. The molecule has 0 bridgehead atoms. The number of aromatic amines is 1. The van der Waals surface area contributed by atoms with E-state index in [-0.39, 0.29) is 41.5 Å². The van der Waals surface area contributed by atoms with Crippen LogP contribution in [0.25, 0.3) is 11.2 Å². The highest BCUT2D eigenvalue weighted by Gasteiger charge is 2.16. The predicted molar refractivity (Wildman–Crippen MR) is 93.6 cm³/mol. The van der Waals surface area contributed by atoms with Crippen LogP contribution in [-0.2, 0) is 5.75 Å². The van der Waals surface area contributed by atoms with Crippen molar-refractivity contribution < 1.29 is 19.0 Å². The zero-order chi connectivity index (χ0) is 18.7. The number of benzene rings is 1. The Hall–Kier alpha value is -2.50. The number of imidazole rings is 1. The number of H-pyrrole nitrogens is 1. The van der Waals surface area contributed by atoms with Crippen molar-refractivity contribution in [2.24, 2.45) is 0 Å². The molecular formula is C15H16F2N6O2S. The molecule has 0 saturated carbocycles. The topological polar surface area (TPSA) is 133 Å². The number of halogens is 2. The molecule has 0 aliphatic heterocycles. The molecule has 2 heterocycles. The number of rotatable bonds is 7. The van der Waals surface area contributed by atoms with Gasteiger partial charge in [0, 0.05) is 11.3 Å². The fraction of sp³-hybridized carbons (Fsp3) is 0.267. The molecule has 2 aromatic heterocycles. The van der Waals surface area contributed by atoms with Gasteiger partial charge in [0.1, 0.15) is 0 Å². The molecule has 0 fully saturated rings. The second-order valence-electron chi connectivity index (χ2n) is 5.38. The molecule has 8 nitrogen and oxygen atoms in total. The molecule has 6 N–H and O–H groups in total. The smallest absolute Gasteiger partial charge is 0.199 e. The van der Waals surface area contributed by atoms with Gasteiger partial charge in [-0.25, -0.2) is 23.7 Å². The minimum absolute atomic E-state index is 0.113. The monoisotopic (exact) mass is 382 g/mol. The van der Waals surface area contributed by atoms with E-state index in [4.69, 9.17) is 5.73 Å². The number of nitrogens with zero attached hydrogens (tertiary/aromatic N) is 3. The summed E-state index contributed by atoms with van der Waals surface area (Å²) in [7, 11) is 0. The normalized spacial score (nSPS) is 11.4. The lowest BCUT2D eigenvalue weighted by Crippen LogP contribution is -2.28. The van der Waals surface area contributed by atoms with Crippen LogP contribution in [0.2, 0.25) is 0 Å².